The molecule has 0 aliphatic carbocycles. The number of aliphatic hydroxyl groups is 1. The van der Waals surface area contributed by atoms with Gasteiger partial charge in [-0.15, -0.1) is 0 Å². The van der Waals surface area contributed by atoms with Gasteiger partial charge in [-0.25, -0.2) is 0 Å². The maximum atomic E-state index is 10.2. The molecule has 0 radical (unpaired) electrons. The van der Waals surface area contributed by atoms with E-state index in [2.05, 4.69) is 5.32 Å². The summed E-state index contributed by atoms with van der Waals surface area (Å²) in [4.78, 5) is 10.2. The zero-order valence-corrected chi connectivity index (χ0v) is 7.23. The molecule has 0 aliphatic rings. The zero-order chi connectivity index (χ0) is 9.73. The van der Waals surface area contributed by atoms with Gasteiger partial charge in [0.2, 0.25) is 6.41 Å². The Morgan fingerprint density at radius 2 is 2.08 bits per heavy atom. The minimum atomic E-state index is -1.73. The molecule has 4 heteroatoms. The van der Waals surface area contributed by atoms with Crippen molar-refractivity contribution < 1.29 is 14.6 Å². The van der Waals surface area contributed by atoms with Gasteiger partial charge in [0.05, 0.1) is 0 Å². The third-order valence-electron chi connectivity index (χ3n) is 1.72. The van der Waals surface area contributed by atoms with Crippen LogP contribution in [0, 0.1) is 0 Å². The van der Waals surface area contributed by atoms with E-state index in [1.165, 1.54) is 7.11 Å². The predicted molar refractivity (Wildman–Crippen MR) is 46.5 cm³/mol. The molecule has 1 aromatic rings. The molecule has 0 aliphatic heterocycles. The third kappa shape index (κ3) is 2.05. The first-order valence-electron chi connectivity index (χ1n) is 3.77. The van der Waals surface area contributed by atoms with E-state index < -0.39 is 5.91 Å². The van der Waals surface area contributed by atoms with E-state index in [4.69, 9.17) is 4.74 Å². The number of carbonyl (C=O) groups is 1. The fourth-order valence-electron chi connectivity index (χ4n) is 1.00. The molecule has 1 rings (SSSR count). The standard InChI is InChI=1S/C9H11NO3/c1-13-9(12,10-7-11)8-5-3-2-4-6-8/h2-7,12H,1H3,(H,10,11). The van der Waals surface area contributed by atoms with Crippen molar-refractivity contribution in [2.75, 3.05) is 7.11 Å². The lowest BCUT2D eigenvalue weighted by atomic mass is 10.1. The Hall–Kier alpha value is -1.39. The van der Waals surface area contributed by atoms with Gasteiger partial charge in [0.15, 0.2) is 0 Å². The highest BCUT2D eigenvalue weighted by Crippen LogP contribution is 2.17. The molecule has 2 N–H and O–H groups in total. The van der Waals surface area contributed by atoms with E-state index in [-0.39, 0.29) is 0 Å². The Balaban J connectivity index is 2.95. The van der Waals surface area contributed by atoms with Crippen molar-refractivity contribution in [1.82, 2.24) is 5.32 Å². The molecular formula is C9H11NO3. The Bertz CT molecular complexity index is 275. The van der Waals surface area contributed by atoms with Gasteiger partial charge in [0, 0.05) is 12.7 Å². The highest BCUT2D eigenvalue weighted by molar-refractivity contribution is 5.48. The lowest BCUT2D eigenvalue weighted by Gasteiger charge is -2.25. The van der Waals surface area contributed by atoms with Gasteiger partial charge in [-0.05, 0) is 0 Å². The zero-order valence-electron chi connectivity index (χ0n) is 7.23. The van der Waals surface area contributed by atoms with Crippen molar-refractivity contribution in [3.8, 4) is 0 Å². The van der Waals surface area contributed by atoms with E-state index in [0.717, 1.165) is 0 Å². The monoisotopic (exact) mass is 181 g/mol. The van der Waals surface area contributed by atoms with Crippen LogP contribution in [-0.2, 0) is 15.4 Å². The van der Waals surface area contributed by atoms with Gasteiger partial charge in [-0.1, -0.05) is 30.3 Å². The molecule has 1 unspecified atom stereocenters. The topological polar surface area (TPSA) is 58.6 Å². The molecule has 0 spiro atoms. The van der Waals surface area contributed by atoms with Crippen LogP contribution in [0.15, 0.2) is 30.3 Å². The lowest BCUT2D eigenvalue weighted by Crippen LogP contribution is -2.43. The number of amides is 1. The Morgan fingerprint density at radius 3 is 2.54 bits per heavy atom. The predicted octanol–water partition coefficient (Wildman–Crippen LogP) is 0.182. The lowest BCUT2D eigenvalue weighted by molar-refractivity contribution is -0.213. The minimum absolute atomic E-state index is 0.385. The van der Waals surface area contributed by atoms with Gasteiger partial charge in [-0.2, -0.15) is 0 Å². The molecule has 0 saturated heterocycles. The van der Waals surface area contributed by atoms with Crippen LogP contribution < -0.4 is 5.32 Å². The van der Waals surface area contributed by atoms with Crippen LogP contribution >= 0.6 is 0 Å². The summed E-state index contributed by atoms with van der Waals surface area (Å²) in [6, 6.07) is 8.60. The first-order chi connectivity index (χ1) is 6.23. The summed E-state index contributed by atoms with van der Waals surface area (Å²) in [5, 5.41) is 11.9. The van der Waals surface area contributed by atoms with Crippen molar-refractivity contribution in [1.29, 1.82) is 0 Å². The summed E-state index contributed by atoms with van der Waals surface area (Å²) in [6.07, 6.45) is 0.385. The number of hydrogen-bond acceptors (Lipinski definition) is 3. The van der Waals surface area contributed by atoms with Crippen LogP contribution in [0.25, 0.3) is 0 Å². The van der Waals surface area contributed by atoms with Crippen LogP contribution in [0.1, 0.15) is 5.56 Å². The summed E-state index contributed by atoms with van der Waals surface area (Å²) in [7, 11) is 1.31. The van der Waals surface area contributed by atoms with E-state index in [0.29, 0.717) is 12.0 Å². The molecule has 0 bridgehead atoms. The number of hydrogen-bond donors (Lipinski definition) is 2. The summed E-state index contributed by atoms with van der Waals surface area (Å²) in [5.74, 6) is -1.73. The molecule has 70 valence electrons. The molecule has 0 saturated carbocycles. The molecule has 1 atom stereocenters. The first-order valence-corrected chi connectivity index (χ1v) is 3.77. The number of benzene rings is 1. The molecule has 0 aromatic heterocycles. The molecule has 0 heterocycles. The van der Waals surface area contributed by atoms with Crippen LogP contribution in [0.5, 0.6) is 0 Å². The third-order valence-corrected chi connectivity index (χ3v) is 1.72. The fraction of sp³-hybridized carbons (Fsp3) is 0.222. The second-order valence-corrected chi connectivity index (χ2v) is 2.48. The normalized spacial score (nSPS) is 14.6. The van der Waals surface area contributed by atoms with Crippen molar-refractivity contribution in [3.05, 3.63) is 35.9 Å². The Labute approximate surface area is 76.1 Å². The van der Waals surface area contributed by atoms with Gasteiger partial charge in [0.25, 0.3) is 5.91 Å². The maximum absolute atomic E-state index is 10.2. The van der Waals surface area contributed by atoms with Gasteiger partial charge >= 0.3 is 0 Å². The number of methoxy groups -OCH3 is 1. The van der Waals surface area contributed by atoms with Gasteiger partial charge in [0.1, 0.15) is 0 Å². The molecular weight excluding hydrogens is 170 g/mol. The quantitative estimate of drug-likeness (QED) is 0.514. The molecule has 0 fully saturated rings. The average Bonchev–Trinajstić information content (AvgIpc) is 2.19. The number of nitrogens with one attached hydrogen (secondary N) is 1. The first kappa shape index (κ1) is 9.70. The highest BCUT2D eigenvalue weighted by Gasteiger charge is 2.27. The summed E-state index contributed by atoms with van der Waals surface area (Å²) >= 11 is 0. The van der Waals surface area contributed by atoms with E-state index in [1.807, 2.05) is 0 Å². The van der Waals surface area contributed by atoms with Crippen molar-refractivity contribution in [2.45, 2.75) is 5.91 Å². The summed E-state index contributed by atoms with van der Waals surface area (Å²) in [6.45, 7) is 0. The van der Waals surface area contributed by atoms with Gasteiger partial charge < -0.3 is 15.2 Å². The molecule has 4 nitrogen and oxygen atoms in total. The van der Waals surface area contributed by atoms with E-state index in [1.54, 1.807) is 30.3 Å². The number of rotatable bonds is 4. The fourth-order valence-corrected chi connectivity index (χ4v) is 1.00. The number of ether oxygens (including phenoxy) is 1. The summed E-state index contributed by atoms with van der Waals surface area (Å²) in [5.41, 5.74) is 0.476. The SMILES string of the molecule is COC(O)(NC=O)c1ccccc1. The van der Waals surface area contributed by atoms with Crippen molar-refractivity contribution >= 4 is 6.41 Å². The second-order valence-electron chi connectivity index (χ2n) is 2.48. The smallest absolute Gasteiger partial charge is 0.276 e. The largest absolute Gasteiger partial charge is 0.345 e. The minimum Gasteiger partial charge on any atom is -0.345 e. The highest BCUT2D eigenvalue weighted by atomic mass is 16.6. The maximum Gasteiger partial charge on any atom is 0.276 e. The number of carbonyl (C=O) groups excluding carboxylic acids is 1. The van der Waals surface area contributed by atoms with Crippen molar-refractivity contribution in [3.63, 3.8) is 0 Å². The summed E-state index contributed by atoms with van der Waals surface area (Å²) < 4.78 is 4.78. The van der Waals surface area contributed by atoms with E-state index in [9.17, 15) is 9.90 Å². The second kappa shape index (κ2) is 4.02. The Kier molecular flexibility index (Phi) is 3.00. The average molecular weight is 181 g/mol. The molecule has 1 amide bonds. The molecule has 13 heavy (non-hydrogen) atoms. The van der Waals surface area contributed by atoms with Crippen LogP contribution in [0.2, 0.25) is 0 Å². The Morgan fingerprint density at radius 1 is 1.46 bits per heavy atom. The molecule has 1 aromatic carbocycles. The van der Waals surface area contributed by atoms with Crippen molar-refractivity contribution in [2.24, 2.45) is 0 Å². The van der Waals surface area contributed by atoms with Crippen LogP contribution in [0.3, 0.4) is 0 Å². The van der Waals surface area contributed by atoms with Crippen LogP contribution in [0.4, 0.5) is 0 Å². The van der Waals surface area contributed by atoms with E-state index >= 15 is 0 Å². The van der Waals surface area contributed by atoms with Gasteiger partial charge in [-0.3, -0.25) is 4.79 Å². The van der Waals surface area contributed by atoms with Crippen LogP contribution in [-0.4, -0.2) is 18.6 Å².